The number of aryl methyl sites for hydroxylation is 1. The molecule has 4 nitrogen and oxygen atoms in total. The molecule has 22 heavy (non-hydrogen) atoms. The van der Waals surface area contributed by atoms with Gasteiger partial charge in [0, 0.05) is 25.8 Å². The highest BCUT2D eigenvalue weighted by molar-refractivity contribution is 5.67. The third kappa shape index (κ3) is 4.90. The van der Waals surface area contributed by atoms with Crippen LogP contribution < -0.4 is 10.7 Å². The van der Waals surface area contributed by atoms with Gasteiger partial charge in [-0.2, -0.15) is 0 Å². The summed E-state index contributed by atoms with van der Waals surface area (Å²) in [5, 5.41) is 14.3. The lowest BCUT2D eigenvalue weighted by Gasteiger charge is -2.30. The van der Waals surface area contributed by atoms with Gasteiger partial charge in [-0.05, 0) is 30.1 Å². The second kappa shape index (κ2) is 8.01. The Kier molecular flexibility index (Phi) is 6.04. The highest BCUT2D eigenvalue weighted by Crippen LogP contribution is 2.20. The quantitative estimate of drug-likeness (QED) is 0.676. The Balaban J connectivity index is 2.16. The van der Waals surface area contributed by atoms with Gasteiger partial charge in [0.15, 0.2) is 0 Å². The van der Waals surface area contributed by atoms with Gasteiger partial charge in [-0.25, -0.2) is 0 Å². The Labute approximate surface area is 133 Å². The summed E-state index contributed by atoms with van der Waals surface area (Å²) in [6.07, 6.45) is 4.31. The number of nitrogens with zero attached hydrogens (tertiary/aromatic N) is 1. The third-order valence-corrected chi connectivity index (χ3v) is 3.46. The van der Waals surface area contributed by atoms with Crippen molar-refractivity contribution in [3.8, 4) is 0 Å². The molecule has 0 saturated heterocycles. The van der Waals surface area contributed by atoms with Crippen LogP contribution in [-0.2, 0) is 0 Å². The van der Waals surface area contributed by atoms with Gasteiger partial charge < -0.3 is 10.4 Å². The molecule has 0 radical (unpaired) electrons. The highest BCUT2D eigenvalue weighted by Gasteiger charge is 2.13. The Bertz CT molecular complexity index is 532. The summed E-state index contributed by atoms with van der Waals surface area (Å²) < 4.78 is 0. The fourth-order valence-corrected chi connectivity index (χ4v) is 2.42. The van der Waals surface area contributed by atoms with E-state index in [1.54, 1.807) is 0 Å². The Morgan fingerprint density at radius 1 is 1.23 bits per heavy atom. The molecule has 2 rings (SSSR count). The minimum absolute atomic E-state index is 0.162. The normalized spacial score (nSPS) is 14.7. The highest BCUT2D eigenvalue weighted by atomic mass is 16.3. The van der Waals surface area contributed by atoms with Crippen LogP contribution in [0.4, 0.5) is 0 Å². The molecule has 0 bridgehead atoms. The van der Waals surface area contributed by atoms with Gasteiger partial charge in [0.1, 0.15) is 0 Å². The second-order valence-corrected chi connectivity index (χ2v) is 6.19. The number of benzene rings is 1. The standard InChI is InChI=1S/C18H27N3O/c1-14(2)12-21-13-16(11-19-8-9-22)10-18(20-21)17-6-4-15(3)5-7-17/h4-7,10,13-14,19-20,22H,8-9,11-12H2,1-3H3. The first-order chi connectivity index (χ1) is 10.6. The molecule has 0 spiro atoms. The van der Waals surface area contributed by atoms with Gasteiger partial charge in [-0.1, -0.05) is 43.7 Å². The predicted octanol–water partition coefficient (Wildman–Crippen LogP) is 2.28. The van der Waals surface area contributed by atoms with Gasteiger partial charge in [-0.3, -0.25) is 10.4 Å². The molecule has 1 aliphatic heterocycles. The first kappa shape index (κ1) is 16.6. The van der Waals surface area contributed by atoms with Crippen LogP contribution in [0.3, 0.4) is 0 Å². The van der Waals surface area contributed by atoms with Crippen molar-refractivity contribution in [2.45, 2.75) is 20.8 Å². The summed E-state index contributed by atoms with van der Waals surface area (Å²) in [6.45, 7) is 9.01. The minimum atomic E-state index is 0.162. The van der Waals surface area contributed by atoms with Crippen molar-refractivity contribution >= 4 is 5.70 Å². The average Bonchev–Trinajstić information content (AvgIpc) is 2.47. The van der Waals surface area contributed by atoms with Crippen molar-refractivity contribution in [2.75, 3.05) is 26.2 Å². The minimum Gasteiger partial charge on any atom is -0.395 e. The summed E-state index contributed by atoms with van der Waals surface area (Å²) in [7, 11) is 0. The molecule has 0 atom stereocenters. The molecule has 120 valence electrons. The van der Waals surface area contributed by atoms with Crippen LogP contribution >= 0.6 is 0 Å². The van der Waals surface area contributed by atoms with Crippen LogP contribution in [0, 0.1) is 12.8 Å². The van der Waals surface area contributed by atoms with Crippen molar-refractivity contribution in [3.05, 3.63) is 53.2 Å². The van der Waals surface area contributed by atoms with Crippen molar-refractivity contribution in [2.24, 2.45) is 5.92 Å². The van der Waals surface area contributed by atoms with Crippen molar-refractivity contribution < 1.29 is 5.11 Å². The molecular weight excluding hydrogens is 274 g/mol. The number of aliphatic hydroxyl groups excluding tert-OH is 1. The molecule has 3 N–H and O–H groups in total. The largest absolute Gasteiger partial charge is 0.395 e. The van der Waals surface area contributed by atoms with E-state index in [-0.39, 0.29) is 6.61 Å². The Morgan fingerprint density at radius 2 is 1.95 bits per heavy atom. The molecule has 1 aromatic carbocycles. The lowest BCUT2D eigenvalue weighted by atomic mass is 10.1. The van der Waals surface area contributed by atoms with Crippen LogP contribution in [0.25, 0.3) is 5.70 Å². The summed E-state index contributed by atoms with van der Waals surface area (Å²) in [4.78, 5) is 0. The smallest absolute Gasteiger partial charge is 0.0618 e. The van der Waals surface area contributed by atoms with Gasteiger partial charge in [0.2, 0.25) is 0 Å². The second-order valence-electron chi connectivity index (χ2n) is 6.19. The van der Waals surface area contributed by atoms with Gasteiger partial charge in [0.05, 0.1) is 12.3 Å². The number of aliphatic hydroxyl groups is 1. The summed E-state index contributed by atoms with van der Waals surface area (Å²) in [5.41, 5.74) is 8.26. The van der Waals surface area contributed by atoms with Crippen molar-refractivity contribution in [1.82, 2.24) is 15.8 Å². The molecule has 0 aromatic heterocycles. The van der Waals surface area contributed by atoms with E-state index in [4.69, 9.17) is 5.11 Å². The zero-order valence-corrected chi connectivity index (χ0v) is 13.8. The molecule has 0 amide bonds. The summed E-state index contributed by atoms with van der Waals surface area (Å²) in [5.74, 6) is 0.577. The number of hydrogen-bond acceptors (Lipinski definition) is 4. The van der Waals surface area contributed by atoms with E-state index in [9.17, 15) is 0 Å². The van der Waals surface area contributed by atoms with Gasteiger partial charge in [0.25, 0.3) is 0 Å². The van der Waals surface area contributed by atoms with Gasteiger partial charge in [-0.15, -0.1) is 0 Å². The van der Waals surface area contributed by atoms with Gasteiger partial charge >= 0.3 is 0 Å². The number of nitrogens with one attached hydrogen (secondary N) is 2. The SMILES string of the molecule is Cc1ccc(C2=CC(CNCCO)=CN(CC(C)C)N2)cc1. The maximum atomic E-state index is 8.90. The van der Waals surface area contributed by atoms with Crippen molar-refractivity contribution in [3.63, 3.8) is 0 Å². The van der Waals surface area contributed by atoms with E-state index in [0.717, 1.165) is 18.8 Å². The van der Waals surface area contributed by atoms with Crippen LogP contribution in [0.1, 0.15) is 25.0 Å². The van der Waals surface area contributed by atoms with Crippen LogP contribution in [0.15, 0.2) is 42.1 Å². The zero-order valence-electron chi connectivity index (χ0n) is 13.8. The first-order valence-corrected chi connectivity index (χ1v) is 7.93. The Morgan fingerprint density at radius 3 is 2.59 bits per heavy atom. The van der Waals surface area contributed by atoms with E-state index >= 15 is 0 Å². The van der Waals surface area contributed by atoms with Crippen LogP contribution in [0.5, 0.6) is 0 Å². The van der Waals surface area contributed by atoms with E-state index in [2.05, 4.69) is 73.1 Å². The number of rotatable bonds is 7. The molecule has 0 saturated carbocycles. The first-order valence-electron chi connectivity index (χ1n) is 7.93. The van der Waals surface area contributed by atoms with Crippen LogP contribution in [0.2, 0.25) is 0 Å². The molecule has 1 aromatic rings. The monoisotopic (exact) mass is 301 g/mol. The molecular formula is C18H27N3O. The van der Waals surface area contributed by atoms with E-state index in [1.165, 1.54) is 16.7 Å². The molecule has 1 heterocycles. The zero-order chi connectivity index (χ0) is 15.9. The predicted molar refractivity (Wildman–Crippen MR) is 91.9 cm³/mol. The summed E-state index contributed by atoms with van der Waals surface area (Å²) >= 11 is 0. The van der Waals surface area contributed by atoms with Crippen molar-refractivity contribution in [1.29, 1.82) is 0 Å². The lowest BCUT2D eigenvalue weighted by Crippen LogP contribution is -2.38. The fourth-order valence-electron chi connectivity index (χ4n) is 2.42. The maximum Gasteiger partial charge on any atom is 0.0618 e. The van der Waals surface area contributed by atoms with E-state index in [0.29, 0.717) is 12.5 Å². The molecule has 1 aliphatic rings. The molecule has 0 unspecified atom stereocenters. The van der Waals surface area contributed by atoms with Crippen LogP contribution in [-0.4, -0.2) is 36.4 Å². The maximum absolute atomic E-state index is 8.90. The number of hydrogen-bond donors (Lipinski definition) is 3. The van der Waals surface area contributed by atoms with E-state index in [1.807, 2.05) is 0 Å². The average molecular weight is 301 g/mol. The fraction of sp³-hybridized carbons (Fsp3) is 0.444. The molecule has 0 fully saturated rings. The lowest BCUT2D eigenvalue weighted by molar-refractivity contribution is 0.280. The summed E-state index contributed by atoms with van der Waals surface area (Å²) in [6, 6.07) is 8.55. The topological polar surface area (TPSA) is 47.5 Å². The van der Waals surface area contributed by atoms with E-state index < -0.39 is 0 Å². The Hall–Kier alpha value is -1.78. The molecule has 0 aliphatic carbocycles. The number of hydrazine groups is 1. The third-order valence-electron chi connectivity index (χ3n) is 3.46. The molecule has 4 heteroatoms.